The zero-order valence-corrected chi connectivity index (χ0v) is 17.8. The van der Waals surface area contributed by atoms with Crippen molar-refractivity contribution in [2.75, 3.05) is 13.7 Å². The molecule has 0 radical (unpaired) electrons. The Bertz CT molecular complexity index is 1110. The molecular formula is C25H26N2O4. The van der Waals surface area contributed by atoms with E-state index in [1.54, 1.807) is 7.11 Å². The molecule has 1 heterocycles. The summed E-state index contributed by atoms with van der Waals surface area (Å²) in [7, 11) is 1.61. The second kappa shape index (κ2) is 9.16. The molecule has 0 bridgehead atoms. The van der Waals surface area contributed by atoms with Crippen molar-refractivity contribution in [2.45, 2.75) is 32.7 Å². The van der Waals surface area contributed by atoms with Crippen LogP contribution in [0.1, 0.15) is 40.5 Å². The number of rotatable bonds is 6. The number of amides is 1. The lowest BCUT2D eigenvalue weighted by Crippen LogP contribution is -2.29. The van der Waals surface area contributed by atoms with Gasteiger partial charge in [0.05, 0.1) is 18.2 Å². The molecule has 1 aliphatic rings. The molecule has 0 spiro atoms. The summed E-state index contributed by atoms with van der Waals surface area (Å²) >= 11 is 0. The third-order valence-electron chi connectivity index (χ3n) is 5.69. The maximum Gasteiger partial charge on any atom is 0.339 e. The molecule has 0 saturated carbocycles. The normalized spacial score (nSPS) is 15.2. The highest BCUT2D eigenvalue weighted by molar-refractivity contribution is 6.05. The van der Waals surface area contributed by atoms with E-state index >= 15 is 0 Å². The van der Waals surface area contributed by atoms with Crippen LogP contribution in [0.4, 0.5) is 0 Å². The molecule has 31 heavy (non-hydrogen) atoms. The molecule has 1 atom stereocenters. The number of aromatic nitrogens is 1. The van der Waals surface area contributed by atoms with Gasteiger partial charge in [-0.1, -0.05) is 37.3 Å². The molecule has 6 nitrogen and oxygen atoms in total. The minimum Gasteiger partial charge on any atom is -0.497 e. The van der Waals surface area contributed by atoms with Crippen LogP contribution in [-0.4, -0.2) is 30.6 Å². The zero-order chi connectivity index (χ0) is 21.8. The van der Waals surface area contributed by atoms with E-state index in [4.69, 9.17) is 14.5 Å². The van der Waals surface area contributed by atoms with Crippen molar-refractivity contribution in [2.24, 2.45) is 5.92 Å². The van der Waals surface area contributed by atoms with Crippen LogP contribution in [-0.2, 0) is 28.9 Å². The van der Waals surface area contributed by atoms with Gasteiger partial charge < -0.3 is 14.8 Å². The fourth-order valence-corrected chi connectivity index (χ4v) is 3.99. The zero-order valence-electron chi connectivity index (χ0n) is 17.8. The minimum absolute atomic E-state index is 0.323. The first kappa shape index (κ1) is 20.8. The lowest BCUT2D eigenvalue weighted by molar-refractivity contribution is -0.124. The van der Waals surface area contributed by atoms with Gasteiger partial charge in [-0.3, -0.25) is 9.78 Å². The van der Waals surface area contributed by atoms with Crippen molar-refractivity contribution in [1.29, 1.82) is 0 Å². The molecule has 0 unspecified atom stereocenters. The largest absolute Gasteiger partial charge is 0.497 e. The number of hydrogen-bond acceptors (Lipinski definition) is 5. The van der Waals surface area contributed by atoms with Crippen LogP contribution in [0.3, 0.4) is 0 Å². The molecule has 1 N–H and O–H groups in total. The molecule has 1 aromatic heterocycles. The van der Waals surface area contributed by atoms with Crippen molar-refractivity contribution < 1.29 is 19.1 Å². The standard InChI is InChI=1S/C25H26N2O4/c1-16-7-12-22-20(13-16)24(19-5-3-4-6-21(19)27-22)25(29)31-15-23(28)26-14-17-8-10-18(30-2)11-9-17/h3-6,8-11,16H,7,12-15H2,1-2H3,(H,26,28)/t16-/m1/s1. The summed E-state index contributed by atoms with van der Waals surface area (Å²) in [6.45, 7) is 2.21. The van der Waals surface area contributed by atoms with Crippen molar-refractivity contribution >= 4 is 22.8 Å². The van der Waals surface area contributed by atoms with Gasteiger partial charge in [0.1, 0.15) is 5.75 Å². The highest BCUT2D eigenvalue weighted by atomic mass is 16.5. The molecule has 0 fully saturated rings. The van der Waals surface area contributed by atoms with Gasteiger partial charge in [-0.2, -0.15) is 0 Å². The molecule has 1 aliphatic carbocycles. The Labute approximate surface area is 181 Å². The second-order valence-electron chi connectivity index (χ2n) is 7.98. The molecule has 0 aliphatic heterocycles. The number of nitrogens with zero attached hydrogens (tertiary/aromatic N) is 1. The van der Waals surface area contributed by atoms with Gasteiger partial charge in [-0.05, 0) is 54.5 Å². The molecule has 1 amide bonds. The molecule has 0 saturated heterocycles. The van der Waals surface area contributed by atoms with E-state index < -0.39 is 5.97 Å². The van der Waals surface area contributed by atoms with Crippen molar-refractivity contribution in [3.8, 4) is 5.75 Å². The van der Waals surface area contributed by atoms with E-state index in [2.05, 4.69) is 12.2 Å². The molecule has 160 valence electrons. The Morgan fingerprint density at radius 3 is 2.68 bits per heavy atom. The van der Waals surface area contributed by atoms with E-state index in [1.807, 2.05) is 48.5 Å². The predicted molar refractivity (Wildman–Crippen MR) is 118 cm³/mol. The lowest BCUT2D eigenvalue weighted by Gasteiger charge is -2.24. The van der Waals surface area contributed by atoms with E-state index in [0.29, 0.717) is 18.0 Å². The maximum atomic E-state index is 13.0. The Morgan fingerprint density at radius 2 is 1.90 bits per heavy atom. The number of hydrogen-bond donors (Lipinski definition) is 1. The van der Waals surface area contributed by atoms with E-state index in [0.717, 1.165) is 52.7 Å². The van der Waals surface area contributed by atoms with Crippen molar-refractivity contribution in [3.63, 3.8) is 0 Å². The first-order chi connectivity index (χ1) is 15.0. The van der Waals surface area contributed by atoms with Crippen molar-refractivity contribution in [1.82, 2.24) is 10.3 Å². The van der Waals surface area contributed by atoms with Crippen LogP contribution in [0.2, 0.25) is 0 Å². The summed E-state index contributed by atoms with van der Waals surface area (Å²) in [6.07, 6.45) is 2.70. The number of aryl methyl sites for hydroxylation is 1. The highest BCUT2D eigenvalue weighted by Gasteiger charge is 2.26. The summed E-state index contributed by atoms with van der Waals surface area (Å²) in [6, 6.07) is 15.0. The highest BCUT2D eigenvalue weighted by Crippen LogP contribution is 2.32. The average molecular weight is 418 g/mol. The van der Waals surface area contributed by atoms with Crippen LogP contribution in [0.25, 0.3) is 10.9 Å². The van der Waals surface area contributed by atoms with Crippen molar-refractivity contribution in [3.05, 3.63) is 70.9 Å². The number of methoxy groups -OCH3 is 1. The summed E-state index contributed by atoms with van der Waals surface area (Å²) < 4.78 is 10.6. The first-order valence-electron chi connectivity index (χ1n) is 10.5. The Kier molecular flexibility index (Phi) is 6.16. The summed E-state index contributed by atoms with van der Waals surface area (Å²) in [5.41, 5.74) is 4.19. The lowest BCUT2D eigenvalue weighted by atomic mass is 9.84. The first-order valence-corrected chi connectivity index (χ1v) is 10.5. The van der Waals surface area contributed by atoms with Gasteiger partial charge in [0.15, 0.2) is 6.61 Å². The molecule has 2 aromatic carbocycles. The van der Waals surface area contributed by atoms with Crippen LogP contribution in [0.15, 0.2) is 48.5 Å². The minimum atomic E-state index is -0.469. The third kappa shape index (κ3) is 4.68. The van der Waals surface area contributed by atoms with Crippen LogP contribution >= 0.6 is 0 Å². The number of carbonyl (C=O) groups excluding carboxylic acids is 2. The maximum absolute atomic E-state index is 13.0. The second-order valence-corrected chi connectivity index (χ2v) is 7.98. The Balaban J connectivity index is 1.45. The molecule has 6 heteroatoms. The number of carbonyl (C=O) groups is 2. The van der Waals surface area contributed by atoms with Crippen LogP contribution < -0.4 is 10.1 Å². The fourth-order valence-electron chi connectivity index (χ4n) is 3.99. The quantitative estimate of drug-likeness (QED) is 0.616. The average Bonchev–Trinajstić information content (AvgIpc) is 2.80. The third-order valence-corrected chi connectivity index (χ3v) is 5.69. The predicted octanol–water partition coefficient (Wildman–Crippen LogP) is 3.84. The van der Waals surface area contributed by atoms with E-state index in [-0.39, 0.29) is 12.5 Å². The molecule has 3 aromatic rings. The SMILES string of the molecule is COc1ccc(CNC(=O)COC(=O)c2c3c(nc4ccccc24)CC[C@@H](C)C3)cc1. The van der Waals surface area contributed by atoms with E-state index in [1.165, 1.54) is 0 Å². The van der Waals surface area contributed by atoms with Crippen LogP contribution in [0, 0.1) is 5.92 Å². The van der Waals surface area contributed by atoms with Crippen LogP contribution in [0.5, 0.6) is 5.75 Å². The monoisotopic (exact) mass is 418 g/mol. The fraction of sp³-hybridized carbons (Fsp3) is 0.320. The van der Waals surface area contributed by atoms with Gasteiger partial charge in [-0.15, -0.1) is 0 Å². The number of fused-ring (bicyclic) bond motifs is 2. The van der Waals surface area contributed by atoms with Gasteiger partial charge in [-0.25, -0.2) is 4.79 Å². The van der Waals surface area contributed by atoms with Gasteiger partial charge >= 0.3 is 5.97 Å². The topological polar surface area (TPSA) is 77.5 Å². The van der Waals surface area contributed by atoms with Gasteiger partial charge in [0, 0.05) is 17.6 Å². The van der Waals surface area contributed by atoms with E-state index in [9.17, 15) is 9.59 Å². The number of esters is 1. The summed E-state index contributed by atoms with van der Waals surface area (Å²) in [5.74, 6) is 0.425. The smallest absolute Gasteiger partial charge is 0.339 e. The molecular weight excluding hydrogens is 392 g/mol. The number of nitrogens with one attached hydrogen (secondary N) is 1. The molecule has 4 rings (SSSR count). The number of pyridine rings is 1. The van der Waals surface area contributed by atoms with Gasteiger partial charge in [0.25, 0.3) is 5.91 Å². The number of benzene rings is 2. The summed E-state index contributed by atoms with van der Waals surface area (Å²) in [4.78, 5) is 30.1. The van der Waals surface area contributed by atoms with Gasteiger partial charge in [0.2, 0.25) is 0 Å². The number of ether oxygens (including phenoxy) is 2. The Hall–Kier alpha value is -3.41. The Morgan fingerprint density at radius 1 is 1.13 bits per heavy atom. The number of para-hydroxylation sites is 1. The summed E-state index contributed by atoms with van der Waals surface area (Å²) in [5, 5.41) is 3.56.